The van der Waals surface area contributed by atoms with E-state index in [1.54, 1.807) is 0 Å². The molecule has 1 aromatic carbocycles. The third kappa shape index (κ3) is 2.13. The molecule has 1 aliphatic heterocycles. The van der Waals surface area contributed by atoms with Crippen molar-refractivity contribution < 1.29 is 14.6 Å². The van der Waals surface area contributed by atoms with E-state index in [-0.39, 0.29) is 0 Å². The first kappa shape index (κ1) is 10.5. The molecule has 0 bridgehead atoms. The van der Waals surface area contributed by atoms with E-state index in [2.05, 4.69) is 7.11 Å². The summed E-state index contributed by atoms with van der Waals surface area (Å²) in [6.07, 6.45) is 1.30. The molecule has 1 N–H and O–H groups in total. The highest BCUT2D eigenvalue weighted by atomic mass is 16.5. The van der Waals surface area contributed by atoms with Gasteiger partial charge in [-0.05, 0) is 17.7 Å². The van der Waals surface area contributed by atoms with Crippen molar-refractivity contribution in [2.45, 2.75) is 18.4 Å². The summed E-state index contributed by atoms with van der Waals surface area (Å²) in [7, 11) is 3.33. The van der Waals surface area contributed by atoms with E-state index < -0.39 is 5.60 Å². The molecule has 0 aliphatic carbocycles. The minimum Gasteiger partial charge on any atom is -0.490 e. The average molecular weight is 207 g/mol. The van der Waals surface area contributed by atoms with Crippen molar-refractivity contribution in [3.63, 3.8) is 0 Å². The summed E-state index contributed by atoms with van der Waals surface area (Å²) < 4.78 is 10.1. The fourth-order valence-corrected chi connectivity index (χ4v) is 1.86. The van der Waals surface area contributed by atoms with E-state index in [0.717, 1.165) is 5.56 Å². The van der Waals surface area contributed by atoms with Crippen molar-refractivity contribution in [1.29, 1.82) is 0 Å². The van der Waals surface area contributed by atoms with Crippen LogP contribution in [0.25, 0.3) is 0 Å². The summed E-state index contributed by atoms with van der Waals surface area (Å²) in [6, 6.07) is 7.39. The van der Waals surface area contributed by atoms with Crippen LogP contribution in [0.4, 0.5) is 0 Å². The third-order valence-corrected chi connectivity index (χ3v) is 2.88. The molecule has 3 heteroatoms. The summed E-state index contributed by atoms with van der Waals surface area (Å²) in [6.45, 7) is 1.23. The molecule has 0 atom stereocenters. The number of aliphatic hydroxyl groups is 1. The van der Waals surface area contributed by atoms with Crippen LogP contribution in [0.15, 0.2) is 24.3 Å². The highest BCUT2D eigenvalue weighted by molar-refractivity contribution is 5.31. The van der Waals surface area contributed by atoms with E-state index in [4.69, 9.17) is 9.47 Å². The molecule has 81 valence electrons. The summed E-state index contributed by atoms with van der Waals surface area (Å²) in [5.74, 6) is 0.703. The summed E-state index contributed by atoms with van der Waals surface area (Å²) in [4.78, 5) is 0. The van der Waals surface area contributed by atoms with Crippen LogP contribution < -0.4 is 4.74 Å². The Hall–Kier alpha value is -1.06. The van der Waals surface area contributed by atoms with Gasteiger partial charge in [-0.3, -0.25) is 0 Å². The van der Waals surface area contributed by atoms with Gasteiger partial charge >= 0.3 is 0 Å². The molecule has 1 heterocycles. The maximum absolute atomic E-state index is 10.4. The van der Waals surface area contributed by atoms with Gasteiger partial charge in [-0.15, -0.1) is 0 Å². The Morgan fingerprint density at radius 2 is 1.80 bits per heavy atom. The number of benzene rings is 1. The van der Waals surface area contributed by atoms with Gasteiger partial charge in [-0.25, -0.2) is 0 Å². The van der Waals surface area contributed by atoms with Crippen LogP contribution in [0.1, 0.15) is 18.4 Å². The lowest BCUT2D eigenvalue weighted by molar-refractivity contribution is -0.0679. The smallest absolute Gasteiger partial charge is 0.122 e. The quantitative estimate of drug-likeness (QED) is 0.804. The zero-order chi connectivity index (χ0) is 10.7. The number of hydrogen-bond donors (Lipinski definition) is 1. The molecule has 1 aliphatic rings. The zero-order valence-electron chi connectivity index (χ0n) is 8.61. The second-order valence-electron chi connectivity index (χ2n) is 3.81. The fraction of sp³-hybridized carbons (Fsp3) is 0.417. The zero-order valence-corrected chi connectivity index (χ0v) is 8.61. The number of hydrogen-bond acceptors (Lipinski definition) is 3. The molecule has 0 unspecified atom stereocenters. The van der Waals surface area contributed by atoms with Crippen molar-refractivity contribution in [2.24, 2.45) is 0 Å². The van der Waals surface area contributed by atoms with Gasteiger partial charge < -0.3 is 14.6 Å². The molecule has 1 fully saturated rings. The van der Waals surface area contributed by atoms with Crippen LogP contribution in [0, 0.1) is 7.11 Å². The summed E-state index contributed by atoms with van der Waals surface area (Å²) in [5.41, 5.74) is 0.185. The van der Waals surface area contributed by atoms with E-state index >= 15 is 0 Å². The second-order valence-corrected chi connectivity index (χ2v) is 3.81. The van der Waals surface area contributed by atoms with Crippen LogP contribution in [0.5, 0.6) is 5.75 Å². The van der Waals surface area contributed by atoms with Gasteiger partial charge in [0.25, 0.3) is 0 Å². The van der Waals surface area contributed by atoms with Crippen LogP contribution >= 0.6 is 0 Å². The fourth-order valence-electron chi connectivity index (χ4n) is 1.86. The standard InChI is InChI=1S/C12H15O3/c1-14-11-4-2-10(3-5-11)12(13)6-8-15-9-7-12/h2-5,13H,1,6-9H2. The molecular weight excluding hydrogens is 192 g/mol. The molecule has 0 spiro atoms. The normalized spacial score (nSPS) is 19.9. The Morgan fingerprint density at radius 1 is 1.20 bits per heavy atom. The molecule has 0 aromatic heterocycles. The van der Waals surface area contributed by atoms with E-state index in [0.29, 0.717) is 31.8 Å². The number of rotatable bonds is 2. The SMILES string of the molecule is [CH2]Oc1ccc(C2(O)CCOCC2)cc1. The predicted octanol–water partition coefficient (Wildman–Crippen LogP) is 1.85. The minimum atomic E-state index is -0.738. The van der Waals surface area contributed by atoms with Gasteiger partial charge in [0.1, 0.15) is 12.9 Å². The molecule has 1 aromatic rings. The van der Waals surface area contributed by atoms with E-state index in [1.165, 1.54) is 0 Å². The van der Waals surface area contributed by atoms with Crippen LogP contribution in [-0.4, -0.2) is 18.3 Å². The van der Waals surface area contributed by atoms with Gasteiger partial charge in [0.15, 0.2) is 0 Å². The minimum absolute atomic E-state index is 0.615. The molecule has 0 saturated carbocycles. The Labute approximate surface area is 89.6 Å². The molecule has 0 amide bonds. The van der Waals surface area contributed by atoms with Gasteiger partial charge in [0.2, 0.25) is 0 Å². The van der Waals surface area contributed by atoms with Crippen molar-refractivity contribution in [3.8, 4) is 5.75 Å². The molecule has 15 heavy (non-hydrogen) atoms. The van der Waals surface area contributed by atoms with Crippen LogP contribution in [-0.2, 0) is 10.3 Å². The van der Waals surface area contributed by atoms with E-state index in [1.807, 2.05) is 24.3 Å². The maximum atomic E-state index is 10.4. The van der Waals surface area contributed by atoms with E-state index in [9.17, 15) is 5.11 Å². The number of ether oxygens (including phenoxy) is 2. The van der Waals surface area contributed by atoms with Crippen LogP contribution in [0.3, 0.4) is 0 Å². The second kappa shape index (κ2) is 4.21. The van der Waals surface area contributed by atoms with Crippen molar-refractivity contribution in [1.82, 2.24) is 0 Å². The van der Waals surface area contributed by atoms with Gasteiger partial charge in [0, 0.05) is 26.1 Å². The van der Waals surface area contributed by atoms with Gasteiger partial charge in [-0.2, -0.15) is 0 Å². The molecular formula is C12H15O3. The lowest BCUT2D eigenvalue weighted by Gasteiger charge is -2.32. The Kier molecular flexibility index (Phi) is 2.93. The Balaban J connectivity index is 2.20. The monoisotopic (exact) mass is 207 g/mol. The van der Waals surface area contributed by atoms with Crippen molar-refractivity contribution >= 4 is 0 Å². The first-order valence-electron chi connectivity index (χ1n) is 5.07. The Morgan fingerprint density at radius 3 is 2.33 bits per heavy atom. The molecule has 1 radical (unpaired) electrons. The van der Waals surface area contributed by atoms with Gasteiger partial charge in [-0.1, -0.05) is 12.1 Å². The lowest BCUT2D eigenvalue weighted by Crippen LogP contribution is -2.33. The summed E-state index contributed by atoms with van der Waals surface area (Å²) >= 11 is 0. The summed E-state index contributed by atoms with van der Waals surface area (Å²) in [5, 5.41) is 10.4. The highest BCUT2D eigenvalue weighted by Gasteiger charge is 2.31. The van der Waals surface area contributed by atoms with Crippen LogP contribution in [0.2, 0.25) is 0 Å². The topological polar surface area (TPSA) is 38.7 Å². The largest absolute Gasteiger partial charge is 0.490 e. The first-order chi connectivity index (χ1) is 7.24. The van der Waals surface area contributed by atoms with Crippen molar-refractivity contribution in [3.05, 3.63) is 36.9 Å². The molecule has 2 rings (SSSR count). The predicted molar refractivity (Wildman–Crippen MR) is 56.4 cm³/mol. The maximum Gasteiger partial charge on any atom is 0.122 e. The van der Waals surface area contributed by atoms with Gasteiger partial charge in [0.05, 0.1) is 5.60 Å². The highest BCUT2D eigenvalue weighted by Crippen LogP contribution is 2.32. The lowest BCUT2D eigenvalue weighted by atomic mass is 9.86. The molecule has 3 nitrogen and oxygen atoms in total. The molecule has 1 saturated heterocycles. The first-order valence-corrected chi connectivity index (χ1v) is 5.07. The van der Waals surface area contributed by atoms with Crippen molar-refractivity contribution in [2.75, 3.05) is 13.2 Å². The average Bonchev–Trinajstić information content (AvgIpc) is 2.30. The third-order valence-electron chi connectivity index (χ3n) is 2.88. The Bertz CT molecular complexity index is 312.